The summed E-state index contributed by atoms with van der Waals surface area (Å²) >= 11 is 6.11. The molecule has 0 amide bonds. The third kappa shape index (κ3) is 2.55. The minimum atomic E-state index is -0.810. The van der Waals surface area contributed by atoms with Crippen molar-refractivity contribution in [1.82, 2.24) is 9.78 Å². The maximum atomic E-state index is 14.0. The molecular weight excluding hydrogens is 284 g/mol. The van der Waals surface area contributed by atoms with Crippen molar-refractivity contribution >= 4 is 11.6 Å². The minimum absolute atomic E-state index is 0.107. The SMILES string of the molecule is Cc1ccc(F)c(C(N)Cc2c(C)nn(C)c2Cl)c1F. The summed E-state index contributed by atoms with van der Waals surface area (Å²) in [5.74, 6) is -1.24. The van der Waals surface area contributed by atoms with Crippen molar-refractivity contribution in [2.75, 3.05) is 0 Å². The normalized spacial score (nSPS) is 12.8. The van der Waals surface area contributed by atoms with Gasteiger partial charge in [-0.1, -0.05) is 17.7 Å². The van der Waals surface area contributed by atoms with E-state index in [0.29, 0.717) is 22.0 Å². The monoisotopic (exact) mass is 299 g/mol. The van der Waals surface area contributed by atoms with Gasteiger partial charge in [-0.05, 0) is 31.9 Å². The zero-order chi connectivity index (χ0) is 15.0. The quantitative estimate of drug-likeness (QED) is 0.946. The van der Waals surface area contributed by atoms with E-state index < -0.39 is 17.7 Å². The second kappa shape index (κ2) is 5.50. The lowest BCUT2D eigenvalue weighted by atomic mass is 9.97. The van der Waals surface area contributed by atoms with E-state index in [4.69, 9.17) is 17.3 Å². The molecule has 3 nitrogen and oxygen atoms in total. The Hall–Kier alpha value is -1.46. The van der Waals surface area contributed by atoms with Crippen LogP contribution < -0.4 is 5.73 Å². The Kier molecular flexibility index (Phi) is 4.11. The van der Waals surface area contributed by atoms with Crippen molar-refractivity contribution in [3.05, 3.63) is 51.3 Å². The highest BCUT2D eigenvalue weighted by molar-refractivity contribution is 6.30. The molecule has 1 unspecified atom stereocenters. The summed E-state index contributed by atoms with van der Waals surface area (Å²) in [4.78, 5) is 0. The Morgan fingerprint density at radius 3 is 2.55 bits per heavy atom. The Morgan fingerprint density at radius 1 is 1.35 bits per heavy atom. The minimum Gasteiger partial charge on any atom is -0.323 e. The molecule has 0 aliphatic carbocycles. The average Bonchev–Trinajstić information content (AvgIpc) is 2.61. The Balaban J connectivity index is 2.38. The number of nitrogens with two attached hydrogens (primary N) is 1. The fraction of sp³-hybridized carbons (Fsp3) is 0.357. The van der Waals surface area contributed by atoms with Gasteiger partial charge in [-0.15, -0.1) is 0 Å². The van der Waals surface area contributed by atoms with Crippen LogP contribution in [0.4, 0.5) is 8.78 Å². The van der Waals surface area contributed by atoms with Crippen LogP contribution in [-0.4, -0.2) is 9.78 Å². The van der Waals surface area contributed by atoms with Crippen LogP contribution in [0.2, 0.25) is 5.15 Å². The van der Waals surface area contributed by atoms with Crippen LogP contribution >= 0.6 is 11.6 Å². The fourth-order valence-electron chi connectivity index (χ4n) is 2.25. The summed E-state index contributed by atoms with van der Waals surface area (Å²) in [6.07, 6.45) is 0.232. The number of hydrogen-bond acceptors (Lipinski definition) is 2. The standard InChI is InChI=1S/C14H16ClF2N3/c1-7-4-5-10(16)12(13(7)17)11(18)6-9-8(2)19-20(3)14(9)15/h4-5,11H,6,18H2,1-3H3. The van der Waals surface area contributed by atoms with E-state index >= 15 is 0 Å². The molecule has 6 heteroatoms. The van der Waals surface area contributed by atoms with Crippen LogP contribution in [0.5, 0.6) is 0 Å². The Bertz CT molecular complexity index is 652. The molecular formula is C14H16ClF2N3. The number of nitrogens with zero attached hydrogens (tertiary/aromatic N) is 2. The predicted octanol–water partition coefficient (Wildman–Crippen LogP) is 3.21. The van der Waals surface area contributed by atoms with E-state index in [2.05, 4.69) is 5.10 Å². The topological polar surface area (TPSA) is 43.8 Å². The lowest BCUT2D eigenvalue weighted by Gasteiger charge is -2.15. The molecule has 0 aliphatic rings. The molecule has 108 valence electrons. The summed E-state index contributed by atoms with van der Waals surface area (Å²) < 4.78 is 29.4. The van der Waals surface area contributed by atoms with Crippen LogP contribution in [0, 0.1) is 25.5 Å². The van der Waals surface area contributed by atoms with E-state index in [9.17, 15) is 8.78 Å². The Morgan fingerprint density at radius 2 is 2.00 bits per heavy atom. The summed E-state index contributed by atoms with van der Waals surface area (Å²) in [6, 6.07) is 1.81. The first kappa shape index (κ1) is 14.9. The molecule has 0 saturated carbocycles. The number of rotatable bonds is 3. The molecule has 20 heavy (non-hydrogen) atoms. The summed E-state index contributed by atoms with van der Waals surface area (Å²) in [6.45, 7) is 3.37. The molecule has 0 spiro atoms. The van der Waals surface area contributed by atoms with E-state index in [-0.39, 0.29) is 12.0 Å². The molecule has 0 fully saturated rings. The van der Waals surface area contributed by atoms with E-state index in [1.54, 1.807) is 20.9 Å². The number of aryl methyl sites for hydroxylation is 3. The maximum Gasteiger partial charge on any atom is 0.133 e. The molecule has 1 heterocycles. The van der Waals surface area contributed by atoms with Crippen molar-refractivity contribution in [2.24, 2.45) is 12.8 Å². The summed E-state index contributed by atoms with van der Waals surface area (Å²) in [5.41, 5.74) is 7.65. The number of hydrogen-bond donors (Lipinski definition) is 1. The number of benzene rings is 1. The lowest BCUT2D eigenvalue weighted by Crippen LogP contribution is -2.18. The predicted molar refractivity (Wildman–Crippen MR) is 74.7 cm³/mol. The van der Waals surface area contributed by atoms with E-state index in [0.717, 1.165) is 0 Å². The fourth-order valence-corrected chi connectivity index (χ4v) is 2.50. The van der Waals surface area contributed by atoms with Crippen molar-refractivity contribution < 1.29 is 8.78 Å². The molecule has 1 aromatic carbocycles. The molecule has 1 atom stereocenters. The number of halogens is 3. The highest BCUT2D eigenvalue weighted by atomic mass is 35.5. The van der Waals surface area contributed by atoms with Gasteiger partial charge in [-0.25, -0.2) is 8.78 Å². The second-order valence-corrected chi connectivity index (χ2v) is 5.24. The number of aromatic nitrogens is 2. The Labute approximate surface area is 121 Å². The van der Waals surface area contributed by atoms with E-state index in [1.807, 2.05) is 0 Å². The van der Waals surface area contributed by atoms with Gasteiger partial charge >= 0.3 is 0 Å². The first-order chi connectivity index (χ1) is 9.32. The van der Waals surface area contributed by atoms with Gasteiger partial charge in [0, 0.05) is 24.2 Å². The molecule has 0 saturated heterocycles. The van der Waals surface area contributed by atoms with Crippen molar-refractivity contribution in [3.63, 3.8) is 0 Å². The van der Waals surface area contributed by atoms with Gasteiger partial charge in [0.05, 0.1) is 5.69 Å². The van der Waals surface area contributed by atoms with Crippen LogP contribution in [0.1, 0.15) is 28.4 Å². The van der Waals surface area contributed by atoms with Gasteiger partial charge in [0.15, 0.2) is 0 Å². The van der Waals surface area contributed by atoms with Crippen LogP contribution in [0.3, 0.4) is 0 Å². The van der Waals surface area contributed by atoms with Crippen LogP contribution in [0.25, 0.3) is 0 Å². The van der Waals surface area contributed by atoms with Gasteiger partial charge in [-0.3, -0.25) is 4.68 Å². The zero-order valence-electron chi connectivity index (χ0n) is 11.5. The maximum absolute atomic E-state index is 14.0. The van der Waals surface area contributed by atoms with Gasteiger partial charge < -0.3 is 5.73 Å². The van der Waals surface area contributed by atoms with Crippen molar-refractivity contribution in [2.45, 2.75) is 26.3 Å². The first-order valence-corrected chi connectivity index (χ1v) is 6.58. The molecule has 2 rings (SSSR count). The highest BCUT2D eigenvalue weighted by Crippen LogP contribution is 2.28. The molecule has 0 radical (unpaired) electrons. The van der Waals surface area contributed by atoms with Gasteiger partial charge in [-0.2, -0.15) is 5.10 Å². The third-order valence-electron chi connectivity index (χ3n) is 3.38. The van der Waals surface area contributed by atoms with Gasteiger partial charge in [0.25, 0.3) is 0 Å². The third-order valence-corrected chi connectivity index (χ3v) is 3.86. The molecule has 1 aromatic heterocycles. The smallest absolute Gasteiger partial charge is 0.133 e. The average molecular weight is 300 g/mol. The van der Waals surface area contributed by atoms with Crippen molar-refractivity contribution in [3.8, 4) is 0 Å². The van der Waals surface area contributed by atoms with E-state index in [1.165, 1.54) is 16.8 Å². The summed E-state index contributed by atoms with van der Waals surface area (Å²) in [7, 11) is 1.71. The van der Waals surface area contributed by atoms with Crippen molar-refractivity contribution in [1.29, 1.82) is 0 Å². The van der Waals surface area contributed by atoms with Gasteiger partial charge in [0.2, 0.25) is 0 Å². The highest BCUT2D eigenvalue weighted by Gasteiger charge is 2.22. The van der Waals surface area contributed by atoms with Crippen LogP contribution in [0.15, 0.2) is 12.1 Å². The largest absolute Gasteiger partial charge is 0.323 e. The molecule has 2 aromatic rings. The molecule has 0 bridgehead atoms. The zero-order valence-corrected chi connectivity index (χ0v) is 12.3. The molecule has 2 N–H and O–H groups in total. The second-order valence-electron chi connectivity index (χ2n) is 4.88. The first-order valence-electron chi connectivity index (χ1n) is 6.21. The summed E-state index contributed by atoms with van der Waals surface area (Å²) in [5, 5.41) is 4.60. The van der Waals surface area contributed by atoms with Crippen LogP contribution in [-0.2, 0) is 13.5 Å². The van der Waals surface area contributed by atoms with Gasteiger partial charge in [0.1, 0.15) is 16.8 Å². The molecule has 0 aliphatic heterocycles. The lowest BCUT2D eigenvalue weighted by molar-refractivity contribution is 0.519.